The lowest BCUT2D eigenvalue weighted by molar-refractivity contribution is 0.905. The van der Waals surface area contributed by atoms with E-state index in [0.717, 1.165) is 17.9 Å². The van der Waals surface area contributed by atoms with Gasteiger partial charge in [-0.2, -0.15) is 5.26 Å². The van der Waals surface area contributed by atoms with E-state index in [0.29, 0.717) is 11.6 Å². The second kappa shape index (κ2) is 6.61. The fraction of sp³-hybridized carbons (Fsp3) is 0.231. The van der Waals surface area contributed by atoms with Crippen LogP contribution >= 0.6 is 11.3 Å². The van der Waals surface area contributed by atoms with Gasteiger partial charge in [-0.25, -0.2) is 4.98 Å². The Labute approximate surface area is 115 Å². The number of aromatic nitrogens is 1. The zero-order chi connectivity index (χ0) is 13.5. The Bertz CT molecular complexity index is 568. The summed E-state index contributed by atoms with van der Waals surface area (Å²) >= 11 is 1.45. The molecule has 2 aromatic rings. The quantitative estimate of drug-likeness (QED) is 0.774. The molecule has 0 aliphatic heterocycles. The van der Waals surface area contributed by atoms with Crippen LogP contribution in [0.2, 0.25) is 0 Å². The predicted molar refractivity (Wildman–Crippen MR) is 76.2 cm³/mol. The van der Waals surface area contributed by atoms with Crippen LogP contribution in [0.1, 0.15) is 6.42 Å². The van der Waals surface area contributed by atoms with Gasteiger partial charge in [0.2, 0.25) is 5.13 Å². The standard InChI is InChI=1S/C13H13N5S/c1-18(9-2-7-14)12-5-3-11(4-6-12)16-17-13-15-8-10-19-13/h3-6,8,10H,2,9H2,1H3. The van der Waals surface area contributed by atoms with Crippen LogP contribution in [0.25, 0.3) is 0 Å². The smallest absolute Gasteiger partial charge is 0.229 e. The molecule has 2 rings (SSSR count). The minimum absolute atomic E-state index is 0.516. The van der Waals surface area contributed by atoms with Crippen molar-refractivity contribution in [2.45, 2.75) is 6.42 Å². The first kappa shape index (κ1) is 13.2. The van der Waals surface area contributed by atoms with E-state index in [1.165, 1.54) is 11.3 Å². The Kier molecular flexibility index (Phi) is 4.59. The third-order valence-corrected chi connectivity index (χ3v) is 3.18. The highest BCUT2D eigenvalue weighted by atomic mass is 32.1. The van der Waals surface area contributed by atoms with Gasteiger partial charge in [0, 0.05) is 30.9 Å². The van der Waals surface area contributed by atoms with Gasteiger partial charge in [-0.1, -0.05) is 0 Å². The first-order valence-corrected chi connectivity index (χ1v) is 6.67. The van der Waals surface area contributed by atoms with E-state index < -0.39 is 0 Å². The summed E-state index contributed by atoms with van der Waals surface area (Å²) in [4.78, 5) is 6.06. The summed E-state index contributed by atoms with van der Waals surface area (Å²) in [6, 6.07) is 9.86. The molecule has 0 fully saturated rings. The third-order valence-electron chi connectivity index (χ3n) is 2.52. The van der Waals surface area contributed by atoms with E-state index in [2.05, 4.69) is 21.3 Å². The lowest BCUT2D eigenvalue weighted by atomic mass is 10.2. The van der Waals surface area contributed by atoms with Gasteiger partial charge in [-0.15, -0.1) is 21.6 Å². The third kappa shape index (κ3) is 3.86. The maximum atomic E-state index is 8.56. The van der Waals surface area contributed by atoms with Gasteiger partial charge in [0.05, 0.1) is 18.2 Å². The summed E-state index contributed by atoms with van der Waals surface area (Å²) in [5.41, 5.74) is 1.84. The van der Waals surface area contributed by atoms with Crippen molar-refractivity contribution < 1.29 is 0 Å². The molecule has 0 atom stereocenters. The van der Waals surface area contributed by atoms with Crippen molar-refractivity contribution in [3.63, 3.8) is 0 Å². The van der Waals surface area contributed by atoms with E-state index in [-0.39, 0.29) is 0 Å². The molecular weight excluding hydrogens is 258 g/mol. The average Bonchev–Trinajstić information content (AvgIpc) is 2.96. The molecule has 0 radical (unpaired) electrons. The summed E-state index contributed by atoms with van der Waals surface area (Å²) in [6.07, 6.45) is 2.22. The molecule has 19 heavy (non-hydrogen) atoms. The van der Waals surface area contributed by atoms with Crippen molar-refractivity contribution in [3.8, 4) is 6.07 Å². The van der Waals surface area contributed by atoms with Crippen LogP contribution in [0.3, 0.4) is 0 Å². The molecule has 0 aliphatic rings. The lowest BCUT2D eigenvalue weighted by Gasteiger charge is -2.17. The molecule has 0 unspecified atom stereocenters. The molecule has 0 bridgehead atoms. The second-order valence-electron chi connectivity index (χ2n) is 3.86. The number of hydrogen-bond donors (Lipinski definition) is 0. The molecule has 1 aromatic heterocycles. The first-order chi connectivity index (χ1) is 9.29. The second-order valence-corrected chi connectivity index (χ2v) is 4.73. The molecule has 0 amide bonds. The van der Waals surface area contributed by atoms with E-state index in [1.807, 2.05) is 41.6 Å². The van der Waals surface area contributed by atoms with Crippen LogP contribution in [0.5, 0.6) is 0 Å². The number of hydrogen-bond acceptors (Lipinski definition) is 6. The molecule has 1 aromatic carbocycles. The van der Waals surface area contributed by atoms with Gasteiger partial charge in [-0.3, -0.25) is 0 Å². The lowest BCUT2D eigenvalue weighted by Crippen LogP contribution is -2.17. The molecule has 0 spiro atoms. The highest BCUT2D eigenvalue weighted by Gasteiger charge is 2.00. The largest absolute Gasteiger partial charge is 0.374 e. The fourth-order valence-electron chi connectivity index (χ4n) is 1.49. The van der Waals surface area contributed by atoms with E-state index in [1.54, 1.807) is 6.20 Å². The number of anilines is 1. The maximum Gasteiger partial charge on any atom is 0.229 e. The Morgan fingerprint density at radius 1 is 1.32 bits per heavy atom. The van der Waals surface area contributed by atoms with Crippen molar-refractivity contribution >= 4 is 27.8 Å². The molecule has 5 nitrogen and oxygen atoms in total. The number of benzene rings is 1. The van der Waals surface area contributed by atoms with Gasteiger partial charge in [-0.05, 0) is 24.3 Å². The maximum absolute atomic E-state index is 8.56. The van der Waals surface area contributed by atoms with Crippen molar-refractivity contribution in [2.24, 2.45) is 10.2 Å². The zero-order valence-corrected chi connectivity index (χ0v) is 11.3. The number of nitriles is 1. The molecule has 0 N–H and O–H groups in total. The van der Waals surface area contributed by atoms with Crippen LogP contribution in [0.15, 0.2) is 46.1 Å². The topological polar surface area (TPSA) is 64.6 Å². The van der Waals surface area contributed by atoms with Crippen LogP contribution in [-0.4, -0.2) is 18.6 Å². The van der Waals surface area contributed by atoms with Crippen LogP contribution < -0.4 is 4.90 Å². The number of nitrogens with zero attached hydrogens (tertiary/aromatic N) is 5. The number of rotatable bonds is 5. The Morgan fingerprint density at radius 2 is 2.11 bits per heavy atom. The predicted octanol–water partition coefficient (Wildman–Crippen LogP) is 3.91. The summed E-state index contributed by atoms with van der Waals surface area (Å²) in [7, 11) is 1.96. The molecule has 0 saturated carbocycles. The minimum atomic E-state index is 0.516. The fourth-order valence-corrected chi connectivity index (χ4v) is 1.94. The molecule has 0 aliphatic carbocycles. The summed E-state index contributed by atoms with van der Waals surface area (Å²) in [5, 5.41) is 19.2. The summed E-state index contributed by atoms with van der Waals surface area (Å²) in [5.74, 6) is 0. The van der Waals surface area contributed by atoms with E-state index in [4.69, 9.17) is 5.26 Å². The number of azo groups is 1. The first-order valence-electron chi connectivity index (χ1n) is 5.79. The molecule has 0 saturated heterocycles. The SMILES string of the molecule is CN(CCC#N)c1ccc(N=Nc2nccs2)cc1. The van der Waals surface area contributed by atoms with Crippen molar-refractivity contribution in [1.29, 1.82) is 5.26 Å². The van der Waals surface area contributed by atoms with Crippen LogP contribution in [0.4, 0.5) is 16.5 Å². The Hall–Kier alpha value is -2.26. The average molecular weight is 271 g/mol. The molecule has 1 heterocycles. The molecule has 96 valence electrons. The van der Waals surface area contributed by atoms with Gasteiger partial charge in [0.15, 0.2) is 0 Å². The van der Waals surface area contributed by atoms with E-state index >= 15 is 0 Å². The Balaban J connectivity index is 2.00. The van der Waals surface area contributed by atoms with Gasteiger partial charge >= 0.3 is 0 Å². The van der Waals surface area contributed by atoms with Crippen molar-refractivity contribution in [1.82, 2.24) is 4.98 Å². The Morgan fingerprint density at radius 3 is 2.74 bits per heavy atom. The molecule has 6 heteroatoms. The number of thiazole rings is 1. The summed E-state index contributed by atoms with van der Waals surface area (Å²) in [6.45, 7) is 0.719. The monoisotopic (exact) mass is 271 g/mol. The van der Waals surface area contributed by atoms with Crippen LogP contribution in [-0.2, 0) is 0 Å². The van der Waals surface area contributed by atoms with Gasteiger partial charge in [0.1, 0.15) is 0 Å². The highest BCUT2D eigenvalue weighted by molar-refractivity contribution is 7.13. The van der Waals surface area contributed by atoms with Gasteiger partial charge in [0.25, 0.3) is 0 Å². The normalized spacial score (nSPS) is 10.5. The minimum Gasteiger partial charge on any atom is -0.374 e. The van der Waals surface area contributed by atoms with Crippen LogP contribution in [0, 0.1) is 11.3 Å². The highest BCUT2D eigenvalue weighted by Crippen LogP contribution is 2.22. The van der Waals surface area contributed by atoms with Gasteiger partial charge < -0.3 is 4.90 Å². The van der Waals surface area contributed by atoms with Crippen molar-refractivity contribution in [3.05, 3.63) is 35.8 Å². The zero-order valence-electron chi connectivity index (χ0n) is 10.5. The van der Waals surface area contributed by atoms with E-state index in [9.17, 15) is 0 Å². The summed E-state index contributed by atoms with van der Waals surface area (Å²) < 4.78 is 0. The molecular formula is C13H13N5S. The van der Waals surface area contributed by atoms with Crippen molar-refractivity contribution in [2.75, 3.05) is 18.5 Å².